The highest BCUT2D eigenvalue weighted by Crippen LogP contribution is 2.45. The van der Waals surface area contributed by atoms with Crippen molar-refractivity contribution in [3.05, 3.63) is 131 Å². The van der Waals surface area contributed by atoms with E-state index < -0.39 is 5.54 Å². The number of carbonyl (C=O) groups excluding carboxylic acids is 1. The Hall–Kier alpha value is -3.41. The van der Waals surface area contributed by atoms with Gasteiger partial charge >= 0.3 is 0 Å². The standard InChI is InChI=1S/C30H28N2O2S/c1-23(33)35-29-17-19-32(22-24(29)21-28-18-20-34-31-28)30(25-11-5-2-6-12-25,26-13-7-3-8-14-26)27-15-9-4-10-16-27/h2-16,18,20-21,29H,17,19,22H2,1H3. The number of rotatable bonds is 6. The number of hydrogen-bond acceptors (Lipinski definition) is 5. The molecule has 176 valence electrons. The highest BCUT2D eigenvalue weighted by Gasteiger charge is 2.44. The molecule has 1 atom stereocenters. The van der Waals surface area contributed by atoms with Crippen molar-refractivity contribution in [3.8, 4) is 0 Å². The van der Waals surface area contributed by atoms with Crippen LogP contribution in [0.25, 0.3) is 6.08 Å². The second-order valence-electron chi connectivity index (χ2n) is 8.76. The van der Waals surface area contributed by atoms with Gasteiger partial charge in [0.25, 0.3) is 0 Å². The molecule has 1 aliphatic heterocycles. The Morgan fingerprint density at radius 1 is 0.914 bits per heavy atom. The summed E-state index contributed by atoms with van der Waals surface area (Å²) in [5.41, 5.74) is 5.12. The smallest absolute Gasteiger partial charge is 0.186 e. The number of thioether (sulfide) groups is 1. The molecule has 0 bridgehead atoms. The molecule has 0 N–H and O–H groups in total. The molecule has 0 spiro atoms. The summed E-state index contributed by atoms with van der Waals surface area (Å²) in [7, 11) is 0. The Labute approximate surface area is 210 Å². The molecule has 1 unspecified atom stereocenters. The summed E-state index contributed by atoms with van der Waals surface area (Å²) in [6.07, 6.45) is 4.53. The first-order valence-electron chi connectivity index (χ1n) is 11.9. The molecule has 1 aliphatic rings. The number of likely N-dealkylation sites (tertiary alicyclic amines) is 1. The maximum absolute atomic E-state index is 12.1. The lowest BCUT2D eigenvalue weighted by atomic mass is 9.74. The zero-order chi connectivity index (χ0) is 24.1. The van der Waals surface area contributed by atoms with E-state index in [0.29, 0.717) is 6.54 Å². The summed E-state index contributed by atoms with van der Waals surface area (Å²) in [6, 6.07) is 34.0. The molecular formula is C30H28N2O2S. The number of carbonyl (C=O) groups is 1. The number of aromatic nitrogens is 1. The molecular weight excluding hydrogens is 452 g/mol. The highest BCUT2D eigenvalue weighted by atomic mass is 32.2. The minimum Gasteiger partial charge on any atom is -0.364 e. The lowest BCUT2D eigenvalue weighted by molar-refractivity contribution is -0.109. The monoisotopic (exact) mass is 480 g/mol. The van der Waals surface area contributed by atoms with Gasteiger partial charge in [0.15, 0.2) is 5.12 Å². The van der Waals surface area contributed by atoms with Gasteiger partial charge in [-0.25, -0.2) is 0 Å². The predicted octanol–water partition coefficient (Wildman–Crippen LogP) is 6.40. The van der Waals surface area contributed by atoms with Gasteiger partial charge in [-0.3, -0.25) is 9.69 Å². The van der Waals surface area contributed by atoms with Gasteiger partial charge in [0.05, 0.1) is 5.54 Å². The molecule has 2 heterocycles. The van der Waals surface area contributed by atoms with Crippen molar-refractivity contribution in [3.63, 3.8) is 0 Å². The predicted molar refractivity (Wildman–Crippen MR) is 142 cm³/mol. The van der Waals surface area contributed by atoms with Crippen LogP contribution in [-0.2, 0) is 10.3 Å². The van der Waals surface area contributed by atoms with Gasteiger partial charge in [-0.2, -0.15) is 0 Å². The first-order chi connectivity index (χ1) is 17.2. The number of piperidine rings is 1. The lowest BCUT2D eigenvalue weighted by Gasteiger charge is -2.49. The number of nitrogens with zero attached hydrogens (tertiary/aromatic N) is 2. The van der Waals surface area contributed by atoms with Crippen LogP contribution in [0.4, 0.5) is 0 Å². The summed E-state index contributed by atoms with van der Waals surface area (Å²) in [5, 5.41) is 4.37. The molecule has 1 fully saturated rings. The van der Waals surface area contributed by atoms with E-state index >= 15 is 0 Å². The van der Waals surface area contributed by atoms with Crippen LogP contribution in [0.2, 0.25) is 0 Å². The van der Waals surface area contributed by atoms with Gasteiger partial charge in [-0.15, -0.1) is 0 Å². The minimum absolute atomic E-state index is 0.112. The molecule has 5 rings (SSSR count). The number of benzene rings is 3. The molecule has 0 amide bonds. The Bertz CT molecular complexity index is 1180. The van der Waals surface area contributed by atoms with Crippen molar-refractivity contribution in [2.45, 2.75) is 24.1 Å². The van der Waals surface area contributed by atoms with Crippen LogP contribution < -0.4 is 0 Å². The Morgan fingerprint density at radius 3 is 1.91 bits per heavy atom. The van der Waals surface area contributed by atoms with Crippen molar-refractivity contribution in [2.75, 3.05) is 13.1 Å². The highest BCUT2D eigenvalue weighted by molar-refractivity contribution is 8.14. The van der Waals surface area contributed by atoms with Crippen molar-refractivity contribution in [2.24, 2.45) is 0 Å². The van der Waals surface area contributed by atoms with Crippen LogP contribution in [0.5, 0.6) is 0 Å². The van der Waals surface area contributed by atoms with E-state index in [4.69, 9.17) is 4.52 Å². The van der Waals surface area contributed by atoms with Gasteiger partial charge < -0.3 is 4.52 Å². The summed E-state index contributed by atoms with van der Waals surface area (Å²) >= 11 is 1.41. The topological polar surface area (TPSA) is 46.3 Å². The largest absolute Gasteiger partial charge is 0.364 e. The van der Waals surface area contributed by atoms with E-state index in [1.165, 1.54) is 34.0 Å². The summed E-state index contributed by atoms with van der Waals surface area (Å²) in [4.78, 5) is 14.6. The molecule has 5 heteroatoms. The molecule has 3 aromatic carbocycles. The van der Waals surface area contributed by atoms with Crippen molar-refractivity contribution < 1.29 is 9.32 Å². The van der Waals surface area contributed by atoms with E-state index in [1.54, 1.807) is 13.2 Å². The molecule has 4 aromatic rings. The molecule has 0 aliphatic carbocycles. The summed E-state index contributed by atoms with van der Waals surface area (Å²) in [6.45, 7) is 3.20. The van der Waals surface area contributed by atoms with Crippen molar-refractivity contribution >= 4 is 23.0 Å². The van der Waals surface area contributed by atoms with E-state index in [-0.39, 0.29) is 10.4 Å². The van der Waals surface area contributed by atoms with E-state index in [0.717, 1.165) is 18.7 Å². The van der Waals surface area contributed by atoms with Gasteiger partial charge in [0.2, 0.25) is 0 Å². The van der Waals surface area contributed by atoms with Gasteiger partial charge in [-0.05, 0) is 34.8 Å². The van der Waals surface area contributed by atoms with Crippen LogP contribution in [0.15, 0.2) is 113 Å². The van der Waals surface area contributed by atoms with E-state index in [2.05, 4.69) is 107 Å². The van der Waals surface area contributed by atoms with Crippen LogP contribution in [0, 0.1) is 0 Å². The third-order valence-corrected chi connectivity index (χ3v) is 7.75. The fourth-order valence-electron chi connectivity index (χ4n) is 5.19. The SMILES string of the molecule is CC(=O)SC1CCN(C(c2ccccc2)(c2ccccc2)c2ccccc2)CC1=Cc1ccon1. The maximum Gasteiger partial charge on any atom is 0.186 e. The van der Waals surface area contributed by atoms with Gasteiger partial charge in [0.1, 0.15) is 12.0 Å². The van der Waals surface area contributed by atoms with Crippen LogP contribution in [-0.4, -0.2) is 33.5 Å². The average molecular weight is 481 g/mol. The summed E-state index contributed by atoms with van der Waals surface area (Å²) < 4.78 is 5.09. The second kappa shape index (κ2) is 10.5. The summed E-state index contributed by atoms with van der Waals surface area (Å²) in [5.74, 6) is 0. The minimum atomic E-state index is -0.488. The molecule has 0 radical (unpaired) electrons. The average Bonchev–Trinajstić information content (AvgIpc) is 3.41. The molecule has 1 saturated heterocycles. The molecule has 0 saturated carbocycles. The Balaban J connectivity index is 1.69. The second-order valence-corrected chi connectivity index (χ2v) is 10.1. The fraction of sp³-hybridized carbons (Fsp3) is 0.200. The van der Waals surface area contributed by atoms with Crippen molar-refractivity contribution in [1.29, 1.82) is 0 Å². The van der Waals surface area contributed by atoms with Gasteiger partial charge in [0, 0.05) is 31.3 Å². The van der Waals surface area contributed by atoms with E-state index in [1.807, 2.05) is 6.07 Å². The molecule has 35 heavy (non-hydrogen) atoms. The lowest BCUT2D eigenvalue weighted by Crippen LogP contribution is -2.52. The Morgan fingerprint density at radius 2 is 1.46 bits per heavy atom. The first kappa shape index (κ1) is 23.3. The first-order valence-corrected chi connectivity index (χ1v) is 12.8. The molecule has 1 aromatic heterocycles. The third kappa shape index (κ3) is 4.75. The molecule has 4 nitrogen and oxygen atoms in total. The van der Waals surface area contributed by atoms with Crippen LogP contribution in [0.3, 0.4) is 0 Å². The quantitative estimate of drug-likeness (QED) is 0.299. The zero-order valence-electron chi connectivity index (χ0n) is 19.7. The van der Waals surface area contributed by atoms with Crippen molar-refractivity contribution in [1.82, 2.24) is 10.1 Å². The van der Waals surface area contributed by atoms with Crippen LogP contribution >= 0.6 is 11.8 Å². The normalized spacial score (nSPS) is 18.0. The number of hydrogen-bond donors (Lipinski definition) is 0. The fourth-order valence-corrected chi connectivity index (χ4v) is 6.11. The van der Waals surface area contributed by atoms with Gasteiger partial charge in [-0.1, -0.05) is 108 Å². The van der Waals surface area contributed by atoms with Crippen LogP contribution in [0.1, 0.15) is 35.7 Å². The Kier molecular flexibility index (Phi) is 6.98. The maximum atomic E-state index is 12.1. The zero-order valence-corrected chi connectivity index (χ0v) is 20.5. The third-order valence-electron chi connectivity index (χ3n) is 6.60. The van der Waals surface area contributed by atoms with E-state index in [9.17, 15) is 4.79 Å².